The number of esters is 2. The average molecular weight is 432 g/mol. The summed E-state index contributed by atoms with van der Waals surface area (Å²) in [6.45, 7) is 1.25. The van der Waals surface area contributed by atoms with Crippen molar-refractivity contribution in [2.45, 2.75) is 6.92 Å². The van der Waals surface area contributed by atoms with E-state index in [4.69, 9.17) is 14.2 Å². The lowest BCUT2D eigenvalue weighted by molar-refractivity contribution is -0.131. The Morgan fingerprint density at radius 3 is 2.16 bits per heavy atom. The lowest BCUT2D eigenvalue weighted by Crippen LogP contribution is -2.17. The quantitative estimate of drug-likeness (QED) is 0.265. The molecule has 0 bridgehead atoms. The van der Waals surface area contributed by atoms with Crippen LogP contribution in [0.25, 0.3) is 0 Å². The SMILES string of the molecule is COc1ccc(C(=O)N/N=C/c2ccc(OC(=O)c3ccccc3OC(C)=O)cc2)cc1. The number of benzene rings is 3. The van der Waals surface area contributed by atoms with Crippen LogP contribution in [0.5, 0.6) is 17.2 Å². The number of para-hydroxylation sites is 1. The highest BCUT2D eigenvalue weighted by atomic mass is 16.5. The molecular weight excluding hydrogens is 412 g/mol. The fourth-order valence-corrected chi connectivity index (χ4v) is 2.64. The predicted molar refractivity (Wildman–Crippen MR) is 117 cm³/mol. The third-order valence-corrected chi connectivity index (χ3v) is 4.18. The number of carbonyl (C=O) groups is 3. The number of methoxy groups -OCH3 is 1. The van der Waals surface area contributed by atoms with Crippen molar-refractivity contribution < 1.29 is 28.6 Å². The fourth-order valence-electron chi connectivity index (χ4n) is 2.64. The summed E-state index contributed by atoms with van der Waals surface area (Å²) >= 11 is 0. The highest BCUT2D eigenvalue weighted by molar-refractivity contribution is 5.95. The van der Waals surface area contributed by atoms with Gasteiger partial charge in [0, 0.05) is 12.5 Å². The van der Waals surface area contributed by atoms with E-state index in [-0.39, 0.29) is 17.2 Å². The lowest BCUT2D eigenvalue weighted by Gasteiger charge is -2.08. The third-order valence-electron chi connectivity index (χ3n) is 4.18. The summed E-state index contributed by atoms with van der Waals surface area (Å²) < 4.78 is 15.4. The van der Waals surface area contributed by atoms with Crippen LogP contribution < -0.4 is 19.6 Å². The first-order chi connectivity index (χ1) is 15.5. The van der Waals surface area contributed by atoms with Gasteiger partial charge in [-0.25, -0.2) is 10.2 Å². The molecule has 0 unspecified atom stereocenters. The van der Waals surface area contributed by atoms with Crippen LogP contribution >= 0.6 is 0 Å². The number of nitrogens with zero attached hydrogens (tertiary/aromatic N) is 1. The monoisotopic (exact) mass is 432 g/mol. The first-order valence-corrected chi connectivity index (χ1v) is 9.53. The van der Waals surface area contributed by atoms with Crippen LogP contribution in [0.15, 0.2) is 77.9 Å². The molecule has 8 nitrogen and oxygen atoms in total. The van der Waals surface area contributed by atoms with Gasteiger partial charge in [-0.05, 0) is 66.2 Å². The van der Waals surface area contributed by atoms with Crippen LogP contribution in [0, 0.1) is 0 Å². The number of ether oxygens (including phenoxy) is 3. The number of amides is 1. The minimum atomic E-state index is -0.657. The van der Waals surface area contributed by atoms with Crippen molar-refractivity contribution in [3.63, 3.8) is 0 Å². The Kier molecular flexibility index (Phi) is 7.32. The molecule has 162 valence electrons. The summed E-state index contributed by atoms with van der Waals surface area (Å²) in [5.74, 6) is -0.474. The topological polar surface area (TPSA) is 103 Å². The normalized spacial score (nSPS) is 10.4. The Balaban J connectivity index is 1.58. The molecule has 0 spiro atoms. The van der Waals surface area contributed by atoms with E-state index < -0.39 is 11.9 Å². The van der Waals surface area contributed by atoms with Crippen LogP contribution in [0.1, 0.15) is 33.2 Å². The van der Waals surface area contributed by atoms with E-state index in [0.717, 1.165) is 0 Å². The molecule has 1 amide bonds. The molecule has 0 aliphatic rings. The van der Waals surface area contributed by atoms with Crippen LogP contribution in [-0.2, 0) is 4.79 Å². The minimum absolute atomic E-state index is 0.126. The molecule has 0 saturated carbocycles. The van der Waals surface area contributed by atoms with E-state index in [1.807, 2.05) is 0 Å². The molecule has 8 heteroatoms. The zero-order valence-corrected chi connectivity index (χ0v) is 17.4. The number of hydrazone groups is 1. The molecule has 0 aliphatic heterocycles. The summed E-state index contributed by atoms with van der Waals surface area (Å²) in [6, 6.07) is 19.4. The first-order valence-electron chi connectivity index (χ1n) is 9.53. The van der Waals surface area contributed by atoms with Crippen molar-refractivity contribution in [2.75, 3.05) is 7.11 Å². The van der Waals surface area contributed by atoms with Crippen molar-refractivity contribution in [3.05, 3.63) is 89.5 Å². The molecule has 0 aliphatic carbocycles. The number of rotatable bonds is 7. The van der Waals surface area contributed by atoms with Crippen molar-refractivity contribution in [3.8, 4) is 17.2 Å². The Hall–Kier alpha value is -4.46. The second-order valence-electron chi connectivity index (χ2n) is 6.48. The Labute approximate surface area is 184 Å². The van der Waals surface area contributed by atoms with E-state index in [2.05, 4.69) is 10.5 Å². The average Bonchev–Trinajstić information content (AvgIpc) is 2.80. The van der Waals surface area contributed by atoms with Gasteiger partial charge in [0.2, 0.25) is 0 Å². The van der Waals surface area contributed by atoms with E-state index in [1.54, 1.807) is 67.8 Å². The highest BCUT2D eigenvalue weighted by Gasteiger charge is 2.15. The van der Waals surface area contributed by atoms with Crippen molar-refractivity contribution >= 4 is 24.1 Å². The van der Waals surface area contributed by atoms with Crippen molar-refractivity contribution in [1.29, 1.82) is 0 Å². The molecule has 0 radical (unpaired) electrons. The van der Waals surface area contributed by atoms with E-state index >= 15 is 0 Å². The molecule has 3 rings (SSSR count). The van der Waals surface area contributed by atoms with Crippen LogP contribution in [0.3, 0.4) is 0 Å². The van der Waals surface area contributed by atoms with E-state index in [0.29, 0.717) is 22.6 Å². The second-order valence-corrected chi connectivity index (χ2v) is 6.48. The van der Waals surface area contributed by atoms with E-state index in [1.165, 1.54) is 25.3 Å². The summed E-state index contributed by atoms with van der Waals surface area (Å²) in [5.41, 5.74) is 3.70. The van der Waals surface area contributed by atoms with Crippen LogP contribution in [0.2, 0.25) is 0 Å². The summed E-state index contributed by atoms with van der Waals surface area (Å²) in [7, 11) is 1.55. The fraction of sp³-hybridized carbons (Fsp3) is 0.0833. The highest BCUT2D eigenvalue weighted by Crippen LogP contribution is 2.21. The van der Waals surface area contributed by atoms with Gasteiger partial charge in [-0.2, -0.15) is 5.10 Å². The van der Waals surface area contributed by atoms with Gasteiger partial charge < -0.3 is 14.2 Å². The Morgan fingerprint density at radius 1 is 0.844 bits per heavy atom. The van der Waals surface area contributed by atoms with Crippen LogP contribution in [0.4, 0.5) is 0 Å². The number of hydrogen-bond donors (Lipinski definition) is 1. The maximum Gasteiger partial charge on any atom is 0.347 e. The Bertz CT molecular complexity index is 1140. The molecule has 3 aromatic carbocycles. The molecule has 0 aromatic heterocycles. The van der Waals surface area contributed by atoms with Gasteiger partial charge in [0.05, 0.1) is 13.3 Å². The summed E-state index contributed by atoms with van der Waals surface area (Å²) in [4.78, 5) is 35.7. The standard InChI is InChI=1S/C24H20N2O6/c1-16(27)31-22-6-4-3-5-21(22)24(29)32-20-11-7-17(8-12-20)15-25-26-23(28)18-9-13-19(30-2)14-10-18/h3-15H,1-2H3,(H,26,28)/b25-15+. The number of carbonyl (C=O) groups excluding carboxylic acids is 3. The summed E-state index contributed by atoms with van der Waals surface area (Å²) in [6.07, 6.45) is 1.46. The first kappa shape index (κ1) is 22.2. The molecule has 0 fully saturated rings. The maximum absolute atomic E-state index is 12.4. The molecule has 0 atom stereocenters. The lowest BCUT2D eigenvalue weighted by atomic mass is 10.2. The van der Waals surface area contributed by atoms with Gasteiger partial charge in [0.25, 0.3) is 5.91 Å². The van der Waals surface area contributed by atoms with Gasteiger partial charge in [0.15, 0.2) is 0 Å². The van der Waals surface area contributed by atoms with Gasteiger partial charge in [-0.15, -0.1) is 0 Å². The van der Waals surface area contributed by atoms with Gasteiger partial charge in [-0.1, -0.05) is 12.1 Å². The van der Waals surface area contributed by atoms with Crippen LogP contribution in [-0.4, -0.2) is 31.2 Å². The molecule has 0 heterocycles. The smallest absolute Gasteiger partial charge is 0.347 e. The number of hydrogen-bond acceptors (Lipinski definition) is 7. The third kappa shape index (κ3) is 6.02. The molecular formula is C24H20N2O6. The van der Waals surface area contributed by atoms with Crippen molar-refractivity contribution in [2.24, 2.45) is 5.10 Å². The summed E-state index contributed by atoms with van der Waals surface area (Å²) in [5, 5.41) is 3.93. The van der Waals surface area contributed by atoms with Crippen molar-refractivity contribution in [1.82, 2.24) is 5.43 Å². The Morgan fingerprint density at radius 2 is 1.50 bits per heavy atom. The molecule has 3 aromatic rings. The van der Waals surface area contributed by atoms with E-state index in [9.17, 15) is 14.4 Å². The minimum Gasteiger partial charge on any atom is -0.497 e. The maximum atomic E-state index is 12.4. The van der Waals surface area contributed by atoms with Gasteiger partial charge in [0.1, 0.15) is 22.8 Å². The molecule has 32 heavy (non-hydrogen) atoms. The van der Waals surface area contributed by atoms with Gasteiger partial charge >= 0.3 is 11.9 Å². The molecule has 0 saturated heterocycles. The number of nitrogens with one attached hydrogen (secondary N) is 1. The largest absolute Gasteiger partial charge is 0.497 e. The van der Waals surface area contributed by atoms with Gasteiger partial charge in [-0.3, -0.25) is 9.59 Å². The zero-order chi connectivity index (χ0) is 22.9. The zero-order valence-electron chi connectivity index (χ0n) is 17.4. The second kappa shape index (κ2) is 10.5. The molecule has 1 N–H and O–H groups in total. The predicted octanol–water partition coefficient (Wildman–Crippen LogP) is 3.60.